The van der Waals surface area contributed by atoms with Crippen LogP contribution in [0.15, 0.2) is 35.9 Å². The molecule has 1 fully saturated rings. The summed E-state index contributed by atoms with van der Waals surface area (Å²) < 4.78 is 3.75. The van der Waals surface area contributed by atoms with E-state index in [0.717, 1.165) is 35.0 Å². The third kappa shape index (κ3) is 3.26. The Morgan fingerprint density at radius 2 is 2.22 bits per heavy atom. The van der Waals surface area contributed by atoms with Crippen LogP contribution in [0.5, 0.6) is 0 Å². The number of hydrogen-bond acceptors (Lipinski definition) is 6. The second-order valence-corrected chi connectivity index (χ2v) is 6.65. The van der Waals surface area contributed by atoms with Crippen molar-refractivity contribution in [2.45, 2.75) is 30.2 Å². The lowest BCUT2D eigenvalue weighted by Crippen LogP contribution is -2.04. The van der Waals surface area contributed by atoms with E-state index in [1.807, 2.05) is 34.5 Å². The molecule has 3 aromatic heterocycles. The number of aromatic nitrogens is 7. The van der Waals surface area contributed by atoms with Crippen LogP contribution in [0.25, 0.3) is 5.82 Å². The predicted octanol–water partition coefficient (Wildman–Crippen LogP) is 2.04. The molecule has 0 atom stereocenters. The maximum absolute atomic E-state index is 4.73. The summed E-state index contributed by atoms with van der Waals surface area (Å²) in [7, 11) is 1.93. The van der Waals surface area contributed by atoms with Crippen molar-refractivity contribution in [1.29, 1.82) is 0 Å². The topological polar surface area (TPSA) is 74.3 Å². The Labute approximate surface area is 138 Å². The highest BCUT2D eigenvalue weighted by atomic mass is 32.2. The van der Waals surface area contributed by atoms with Crippen molar-refractivity contribution in [3.63, 3.8) is 0 Å². The molecule has 7 nitrogen and oxygen atoms in total. The Balaban J connectivity index is 1.60. The van der Waals surface area contributed by atoms with Gasteiger partial charge in [0.05, 0.1) is 5.75 Å². The van der Waals surface area contributed by atoms with Crippen molar-refractivity contribution < 1.29 is 0 Å². The van der Waals surface area contributed by atoms with Gasteiger partial charge in [-0.05, 0) is 30.9 Å². The molecule has 0 spiro atoms. The Bertz CT molecular complexity index is 791. The molecule has 3 aromatic rings. The van der Waals surface area contributed by atoms with E-state index in [4.69, 9.17) is 4.98 Å². The fourth-order valence-corrected chi connectivity index (χ4v) is 3.15. The number of hydrogen-bond donors (Lipinski definition) is 0. The maximum atomic E-state index is 4.73. The lowest BCUT2D eigenvalue weighted by Gasteiger charge is -2.04. The average molecular weight is 327 g/mol. The Hall–Kier alpha value is -2.22. The molecule has 3 heterocycles. The van der Waals surface area contributed by atoms with Crippen LogP contribution in [-0.4, -0.2) is 34.5 Å². The third-order valence-electron chi connectivity index (χ3n) is 3.75. The first-order valence-electron chi connectivity index (χ1n) is 7.62. The summed E-state index contributed by atoms with van der Waals surface area (Å²) in [5.41, 5.74) is 0. The van der Waals surface area contributed by atoms with Gasteiger partial charge in [-0.1, -0.05) is 17.8 Å². The number of aryl methyl sites for hydroxylation is 1. The van der Waals surface area contributed by atoms with Crippen LogP contribution in [0.3, 0.4) is 0 Å². The molecule has 118 valence electrons. The minimum absolute atomic E-state index is 0.681. The third-order valence-corrected chi connectivity index (χ3v) is 4.78. The van der Waals surface area contributed by atoms with Crippen LogP contribution >= 0.6 is 11.8 Å². The summed E-state index contributed by atoms with van der Waals surface area (Å²) in [6.07, 6.45) is 7.02. The van der Waals surface area contributed by atoms with Crippen LogP contribution in [0, 0.1) is 5.92 Å². The first-order valence-corrected chi connectivity index (χ1v) is 8.61. The van der Waals surface area contributed by atoms with E-state index in [1.165, 1.54) is 12.8 Å². The molecule has 0 amide bonds. The SMILES string of the molecule is Cn1cnnc1SCc1nc(CC2CC2)nn1-c1ccccn1. The van der Waals surface area contributed by atoms with Gasteiger partial charge < -0.3 is 4.57 Å². The molecule has 0 aromatic carbocycles. The molecule has 23 heavy (non-hydrogen) atoms. The first-order chi connectivity index (χ1) is 11.3. The van der Waals surface area contributed by atoms with E-state index >= 15 is 0 Å². The zero-order chi connectivity index (χ0) is 15.6. The van der Waals surface area contributed by atoms with Gasteiger partial charge in [-0.15, -0.1) is 15.3 Å². The standard InChI is InChI=1S/C15H17N7S/c1-21-10-17-19-15(21)23-9-14-18-12(8-11-5-6-11)20-22(14)13-4-2-3-7-16-13/h2-4,7,10-11H,5-6,8-9H2,1H3. The summed E-state index contributed by atoms with van der Waals surface area (Å²) in [6, 6.07) is 5.82. The van der Waals surface area contributed by atoms with Gasteiger partial charge in [-0.2, -0.15) is 4.68 Å². The van der Waals surface area contributed by atoms with Gasteiger partial charge in [0.15, 0.2) is 16.8 Å². The molecule has 1 aliphatic rings. The van der Waals surface area contributed by atoms with Crippen molar-refractivity contribution in [1.82, 2.24) is 34.5 Å². The number of rotatable bonds is 6. The number of nitrogens with zero attached hydrogens (tertiary/aromatic N) is 7. The van der Waals surface area contributed by atoms with E-state index in [9.17, 15) is 0 Å². The fourth-order valence-electron chi connectivity index (χ4n) is 2.35. The molecule has 0 saturated heterocycles. The molecule has 0 radical (unpaired) electrons. The van der Waals surface area contributed by atoms with Gasteiger partial charge in [-0.3, -0.25) is 0 Å². The quantitative estimate of drug-likeness (QED) is 0.645. The fraction of sp³-hybridized carbons (Fsp3) is 0.400. The second kappa shape index (κ2) is 6.11. The van der Waals surface area contributed by atoms with Crippen LogP contribution in [0.2, 0.25) is 0 Å². The highest BCUT2D eigenvalue weighted by molar-refractivity contribution is 7.98. The van der Waals surface area contributed by atoms with Gasteiger partial charge in [0, 0.05) is 19.7 Å². The molecule has 1 aliphatic carbocycles. The zero-order valence-corrected chi connectivity index (χ0v) is 13.6. The second-order valence-electron chi connectivity index (χ2n) is 5.70. The highest BCUT2D eigenvalue weighted by Gasteiger charge is 2.24. The van der Waals surface area contributed by atoms with E-state index in [-0.39, 0.29) is 0 Å². The molecule has 0 unspecified atom stereocenters. The minimum Gasteiger partial charge on any atom is -0.312 e. The van der Waals surface area contributed by atoms with Gasteiger partial charge in [-0.25, -0.2) is 9.97 Å². The van der Waals surface area contributed by atoms with E-state index < -0.39 is 0 Å². The Morgan fingerprint density at radius 3 is 2.91 bits per heavy atom. The van der Waals surface area contributed by atoms with Crippen molar-refractivity contribution in [3.8, 4) is 5.82 Å². The van der Waals surface area contributed by atoms with Gasteiger partial charge in [0.2, 0.25) is 0 Å². The molecular weight excluding hydrogens is 310 g/mol. The molecular formula is C15H17N7S. The lowest BCUT2D eigenvalue weighted by atomic mass is 10.3. The zero-order valence-electron chi connectivity index (χ0n) is 12.8. The summed E-state index contributed by atoms with van der Waals surface area (Å²) in [4.78, 5) is 9.13. The molecule has 4 rings (SSSR count). The predicted molar refractivity (Wildman–Crippen MR) is 86.1 cm³/mol. The minimum atomic E-state index is 0.681. The average Bonchev–Trinajstić information content (AvgIpc) is 3.14. The summed E-state index contributed by atoms with van der Waals surface area (Å²) in [6.45, 7) is 0. The first kappa shape index (κ1) is 14.4. The van der Waals surface area contributed by atoms with E-state index in [1.54, 1.807) is 24.3 Å². The van der Waals surface area contributed by atoms with Gasteiger partial charge in [0.1, 0.15) is 12.2 Å². The van der Waals surface area contributed by atoms with Crippen LogP contribution in [0.1, 0.15) is 24.5 Å². The highest BCUT2D eigenvalue weighted by Crippen LogP contribution is 2.32. The monoisotopic (exact) mass is 327 g/mol. The molecule has 0 N–H and O–H groups in total. The van der Waals surface area contributed by atoms with E-state index in [0.29, 0.717) is 5.75 Å². The van der Waals surface area contributed by atoms with Crippen molar-refractivity contribution >= 4 is 11.8 Å². The number of pyridine rings is 1. The summed E-state index contributed by atoms with van der Waals surface area (Å²) in [5, 5.41) is 13.5. The largest absolute Gasteiger partial charge is 0.312 e. The van der Waals surface area contributed by atoms with Crippen LogP contribution < -0.4 is 0 Å². The number of thioether (sulfide) groups is 1. The van der Waals surface area contributed by atoms with Gasteiger partial charge in [0.25, 0.3) is 0 Å². The molecule has 0 aliphatic heterocycles. The van der Waals surface area contributed by atoms with Crippen molar-refractivity contribution in [2.24, 2.45) is 13.0 Å². The molecule has 1 saturated carbocycles. The summed E-state index contributed by atoms with van der Waals surface area (Å²) >= 11 is 1.60. The van der Waals surface area contributed by atoms with Gasteiger partial charge >= 0.3 is 0 Å². The van der Waals surface area contributed by atoms with E-state index in [2.05, 4.69) is 20.3 Å². The Morgan fingerprint density at radius 1 is 1.30 bits per heavy atom. The molecule has 8 heteroatoms. The normalized spacial score (nSPS) is 14.3. The Kier molecular flexibility index (Phi) is 3.82. The van der Waals surface area contributed by atoms with Crippen LogP contribution in [0.4, 0.5) is 0 Å². The van der Waals surface area contributed by atoms with Crippen LogP contribution in [-0.2, 0) is 19.2 Å². The smallest absolute Gasteiger partial charge is 0.191 e. The van der Waals surface area contributed by atoms with Crippen molar-refractivity contribution in [3.05, 3.63) is 42.4 Å². The summed E-state index contributed by atoms with van der Waals surface area (Å²) in [5.74, 6) is 4.05. The van der Waals surface area contributed by atoms with Crippen molar-refractivity contribution in [2.75, 3.05) is 0 Å². The molecule has 0 bridgehead atoms. The maximum Gasteiger partial charge on any atom is 0.191 e. The lowest BCUT2D eigenvalue weighted by molar-refractivity contribution is 0.742.